The lowest BCUT2D eigenvalue weighted by Gasteiger charge is -2.58. The van der Waals surface area contributed by atoms with E-state index in [0.717, 1.165) is 188 Å². The van der Waals surface area contributed by atoms with Gasteiger partial charge in [0.15, 0.2) is 5.82 Å². The summed E-state index contributed by atoms with van der Waals surface area (Å²) in [5.74, 6) is 27.0. The number of aromatic nitrogens is 3. The summed E-state index contributed by atoms with van der Waals surface area (Å²) in [5.41, 5.74) is 1.71. The van der Waals surface area contributed by atoms with E-state index in [4.69, 9.17) is 43.6 Å². The number of likely N-dealkylation sites (N-methyl/N-ethyl adjacent to an activating group) is 1. The molecule has 2 aromatic rings. The van der Waals surface area contributed by atoms with Crippen molar-refractivity contribution >= 4 is 40.9 Å². The Kier molecular flexibility index (Phi) is 21.6. The molecule has 15 nitrogen and oxygen atoms in total. The molecule has 3 saturated heterocycles. The minimum atomic E-state index is -0.329. The average Bonchev–Trinajstić information content (AvgIpc) is 0.963. The Hall–Kier alpha value is -2.24. The third-order valence-corrected chi connectivity index (χ3v) is 28.0. The van der Waals surface area contributed by atoms with Gasteiger partial charge in [0.2, 0.25) is 11.1 Å². The quantitative estimate of drug-likeness (QED) is 0.0513. The van der Waals surface area contributed by atoms with Gasteiger partial charge in [-0.25, -0.2) is 4.68 Å². The standard InChI is InChI=1S/C21H38N2O2.C20H23Cl2N5OS.C17H25NO.C16H28N2O/c1-2-22-4-6-23(7-5-22)15-20(24)16-25-8-3-21-12-17-9-18(13-21)11-19(10-17)14-21;21-14-1-2-15(16(22)6-14)18-25-26-19(27(18)23)29-10-17(28)24-20-7-11-3-12(8-20)5-13(4-11)9-20;1(3-18-4-6-19-7-5-18)2-17-11-14-8-15(12-17)10-16(9-14)13-17;19-6-5-17-1-3-18(4-2-17)16-14-8-12-7-13(10-14)11-15(16)9-12/h17-20,24H,2-16H2,1H3;1-2,6,11-13H,3-5,7-10,23H2,(H,24,28);14-16H,3-13H2;12-16,19H,1-11H2. The van der Waals surface area contributed by atoms with Gasteiger partial charge in [-0.2, -0.15) is 0 Å². The van der Waals surface area contributed by atoms with Crippen LogP contribution in [0.15, 0.2) is 23.4 Å². The van der Waals surface area contributed by atoms with Gasteiger partial charge in [-0.05, 0) is 261 Å². The van der Waals surface area contributed by atoms with Crippen LogP contribution in [0.4, 0.5) is 0 Å². The van der Waals surface area contributed by atoms with E-state index < -0.39 is 0 Å². The summed E-state index contributed by atoms with van der Waals surface area (Å²) in [4.78, 5) is 25.3. The number of benzene rings is 1. The molecule has 1 atom stereocenters. The van der Waals surface area contributed by atoms with Gasteiger partial charge in [0.25, 0.3) is 0 Å². The number of nitrogens with two attached hydrogens (primary N) is 1. The monoisotopic (exact) mass is 1320 g/mol. The van der Waals surface area contributed by atoms with Crippen molar-refractivity contribution in [1.29, 1.82) is 0 Å². The minimum Gasteiger partial charge on any atom is -0.395 e. The van der Waals surface area contributed by atoms with Gasteiger partial charge < -0.3 is 35.7 Å². The lowest BCUT2D eigenvalue weighted by atomic mass is 9.49. The molecule has 92 heavy (non-hydrogen) atoms. The molecule has 510 valence electrons. The molecule has 18 heteroatoms. The first kappa shape index (κ1) is 67.0. The molecule has 0 spiro atoms. The second-order valence-electron chi connectivity index (χ2n) is 33.4. The zero-order valence-corrected chi connectivity index (χ0v) is 58.3. The number of nitrogen functional groups attached to an aromatic ring is 1. The van der Waals surface area contributed by atoms with Crippen molar-refractivity contribution in [2.75, 3.05) is 136 Å². The Morgan fingerprint density at radius 3 is 1.78 bits per heavy atom. The number of aliphatic hydroxyl groups is 2. The van der Waals surface area contributed by atoms with Crippen molar-refractivity contribution < 1.29 is 24.5 Å². The van der Waals surface area contributed by atoms with Gasteiger partial charge in [-0.3, -0.25) is 24.4 Å². The highest BCUT2D eigenvalue weighted by molar-refractivity contribution is 7.99. The molecule has 1 aromatic heterocycles. The third kappa shape index (κ3) is 16.1. The van der Waals surface area contributed by atoms with Crippen LogP contribution in [0.1, 0.15) is 161 Å². The highest BCUT2D eigenvalue weighted by atomic mass is 35.5. The maximum Gasteiger partial charge on any atom is 0.230 e. The second-order valence-corrected chi connectivity index (χ2v) is 35.2. The zero-order chi connectivity index (χ0) is 63.0. The van der Waals surface area contributed by atoms with Gasteiger partial charge in [-0.1, -0.05) is 53.7 Å². The van der Waals surface area contributed by atoms with Crippen LogP contribution in [-0.4, -0.2) is 204 Å². The summed E-state index contributed by atoms with van der Waals surface area (Å²) in [6.07, 6.45) is 33.8. The first-order valence-electron chi connectivity index (χ1n) is 37.4. The molecule has 0 radical (unpaired) electrons. The van der Waals surface area contributed by atoms with Crippen LogP contribution >= 0.6 is 35.0 Å². The Bertz CT molecular complexity index is 2710. The van der Waals surface area contributed by atoms with Crippen molar-refractivity contribution in [3.05, 3.63) is 28.2 Å². The van der Waals surface area contributed by atoms with E-state index in [0.29, 0.717) is 50.6 Å². The molecule has 5 N–H and O–H groups in total. The first-order valence-corrected chi connectivity index (χ1v) is 39.1. The van der Waals surface area contributed by atoms with Crippen LogP contribution in [0.3, 0.4) is 0 Å². The number of ether oxygens (including phenoxy) is 2. The van der Waals surface area contributed by atoms with Crippen molar-refractivity contribution in [2.45, 2.75) is 184 Å². The number of carbonyl (C=O) groups excluding carboxylic acids is 1. The molecule has 16 saturated carbocycles. The van der Waals surface area contributed by atoms with Crippen LogP contribution in [-0.2, 0) is 14.3 Å². The predicted octanol–water partition coefficient (Wildman–Crippen LogP) is 10.7. The number of rotatable bonds is 17. The van der Waals surface area contributed by atoms with E-state index in [2.05, 4.69) is 58.8 Å². The Balaban J connectivity index is 0.000000108. The number of carbonyl (C=O) groups is 1. The summed E-state index contributed by atoms with van der Waals surface area (Å²) in [6.45, 7) is 20.8. The zero-order valence-electron chi connectivity index (χ0n) is 55.9. The summed E-state index contributed by atoms with van der Waals surface area (Å²) < 4.78 is 12.7. The molecule has 1 amide bonds. The van der Waals surface area contributed by atoms with Gasteiger partial charge in [0.1, 0.15) is 0 Å². The number of aliphatic hydroxyl groups excluding tert-OH is 2. The summed E-state index contributed by atoms with van der Waals surface area (Å²) in [5, 5.41) is 32.5. The number of β-amino-alcohol motifs (C(OH)–C–C–N with tert-alkyl or cyclic N) is 2. The Labute approximate surface area is 566 Å². The molecular weight excluding hydrogens is 1210 g/mol. The molecule has 3 aliphatic heterocycles. The number of morpholine rings is 1. The molecule has 1 unspecified atom stereocenters. The normalized spacial score (nSPS) is 39.2. The van der Waals surface area contributed by atoms with E-state index in [9.17, 15) is 9.90 Å². The average molecular weight is 1330 g/mol. The van der Waals surface area contributed by atoms with E-state index in [1.165, 1.54) is 171 Å². The number of thioether (sulfide) groups is 1. The van der Waals surface area contributed by atoms with Crippen LogP contribution in [0.2, 0.25) is 10.0 Å². The van der Waals surface area contributed by atoms with Crippen molar-refractivity contribution in [3.63, 3.8) is 0 Å². The van der Waals surface area contributed by atoms with Gasteiger partial charge in [0, 0.05) is 113 Å². The molecule has 19 fully saturated rings. The molecule has 16 aliphatic carbocycles. The van der Waals surface area contributed by atoms with Gasteiger partial charge in [-0.15, -0.1) is 10.2 Å². The van der Waals surface area contributed by atoms with E-state index >= 15 is 0 Å². The fourth-order valence-corrected chi connectivity index (χ4v) is 25.1. The second kappa shape index (κ2) is 29.7. The highest BCUT2D eigenvalue weighted by Crippen LogP contribution is 2.63. The van der Waals surface area contributed by atoms with E-state index in [-0.39, 0.29) is 23.3 Å². The minimum absolute atomic E-state index is 0.0186. The van der Waals surface area contributed by atoms with E-state index in [1.54, 1.807) is 24.6 Å². The highest BCUT2D eigenvalue weighted by Gasteiger charge is 2.54. The summed E-state index contributed by atoms with van der Waals surface area (Å²) in [6, 6.07) is 6.04. The number of amides is 1. The lowest BCUT2D eigenvalue weighted by molar-refractivity contribution is -0.124. The smallest absolute Gasteiger partial charge is 0.230 e. The fraction of sp³-hybridized carbons (Fsp3) is 0.851. The summed E-state index contributed by atoms with van der Waals surface area (Å²) >= 11 is 13.5. The van der Waals surface area contributed by atoms with Crippen LogP contribution in [0.25, 0.3) is 11.4 Å². The fourth-order valence-electron chi connectivity index (χ4n) is 24.0. The van der Waals surface area contributed by atoms with Crippen molar-refractivity contribution in [2.24, 2.45) is 87.8 Å². The molecule has 19 aliphatic rings. The SMILES string of the molecule is C(#CC12CC3CC(CC(C3)C1)C2)CN1CCOCC1.CCN1CCN(CC(O)COCCC23CC4CC(CC(C4)C2)C3)CC1.Nn1c(SCC(=O)NC23CC4CC(CC(C4)C2)C3)nnc1-c1ccc(Cl)cc1Cl.OCCN1CCN(C2C3CC4CC(C3)CC2C4)CC1. The largest absolute Gasteiger partial charge is 0.395 e. The van der Waals surface area contributed by atoms with Crippen molar-refractivity contribution in [3.8, 4) is 23.2 Å². The third-order valence-electron chi connectivity index (χ3n) is 26.5. The number of nitrogens with one attached hydrogen (secondary N) is 1. The van der Waals surface area contributed by atoms with Gasteiger partial charge >= 0.3 is 0 Å². The van der Waals surface area contributed by atoms with Crippen molar-refractivity contribution in [1.82, 2.24) is 44.7 Å². The molecule has 21 rings (SSSR count). The Morgan fingerprint density at radius 1 is 0.696 bits per heavy atom. The van der Waals surface area contributed by atoms with E-state index in [1.807, 2.05) is 0 Å². The molecule has 16 bridgehead atoms. The maximum absolute atomic E-state index is 12.7. The molecule has 1 aromatic carbocycles. The lowest BCUT2D eigenvalue weighted by Crippen LogP contribution is -2.60. The number of halogens is 2. The number of nitrogens with zero attached hydrogens (tertiary/aromatic N) is 8. The van der Waals surface area contributed by atoms with Crippen LogP contribution in [0.5, 0.6) is 0 Å². The number of hydrogen-bond acceptors (Lipinski definition) is 14. The summed E-state index contributed by atoms with van der Waals surface area (Å²) in [7, 11) is 0. The maximum atomic E-state index is 12.7. The topological polar surface area (TPSA) is 161 Å². The van der Waals surface area contributed by atoms with Gasteiger partial charge in [0.05, 0.1) is 49.9 Å². The number of piperazine rings is 2. The molecule has 4 heterocycles. The van der Waals surface area contributed by atoms with Crippen LogP contribution < -0.4 is 11.2 Å². The number of hydrogen-bond donors (Lipinski definition) is 4. The Morgan fingerprint density at radius 2 is 1.23 bits per heavy atom. The van der Waals surface area contributed by atoms with Crippen LogP contribution in [0, 0.1) is 99.6 Å². The first-order chi connectivity index (χ1) is 44.7. The predicted molar refractivity (Wildman–Crippen MR) is 368 cm³/mol. The molecular formula is C74H114Cl2N10O5S.